The average Bonchev–Trinajstić information content (AvgIpc) is 2.48. The molecule has 1 atom stereocenters. The maximum absolute atomic E-state index is 5.73. The second kappa shape index (κ2) is 7.48. The van der Waals surface area contributed by atoms with Crippen LogP contribution in [-0.2, 0) is 0 Å². The highest BCUT2D eigenvalue weighted by Crippen LogP contribution is 2.26. The van der Waals surface area contributed by atoms with Crippen molar-refractivity contribution in [1.82, 2.24) is 10.3 Å². The molecule has 0 saturated carbocycles. The number of nitrogens with one attached hydrogen (secondary N) is 1. The Morgan fingerprint density at radius 3 is 2.38 bits per heavy atom. The highest BCUT2D eigenvalue weighted by atomic mass is 32.2. The first-order valence-electron chi connectivity index (χ1n) is 7.07. The van der Waals surface area contributed by atoms with Gasteiger partial charge in [0.2, 0.25) is 0 Å². The summed E-state index contributed by atoms with van der Waals surface area (Å²) >= 11 is 1.75. The molecule has 1 N–H and O–H groups in total. The van der Waals surface area contributed by atoms with E-state index in [4.69, 9.17) is 4.74 Å². The van der Waals surface area contributed by atoms with E-state index < -0.39 is 0 Å². The second-order valence-corrected chi connectivity index (χ2v) is 6.00. The molecule has 0 aliphatic rings. The maximum atomic E-state index is 5.73. The van der Waals surface area contributed by atoms with Gasteiger partial charge in [-0.2, -0.15) is 0 Å². The summed E-state index contributed by atoms with van der Waals surface area (Å²) in [6.45, 7) is 4.03. The minimum Gasteiger partial charge on any atom is -0.489 e. The molecule has 0 saturated heterocycles. The third kappa shape index (κ3) is 4.22. The third-order valence-electron chi connectivity index (χ3n) is 3.18. The van der Waals surface area contributed by atoms with Crippen molar-refractivity contribution in [3.8, 4) is 5.75 Å². The Bertz CT molecular complexity index is 569. The molecule has 3 nitrogen and oxygen atoms in total. The van der Waals surface area contributed by atoms with Crippen LogP contribution in [0, 0.1) is 0 Å². The van der Waals surface area contributed by atoms with Gasteiger partial charge < -0.3 is 10.1 Å². The third-order valence-corrected chi connectivity index (χ3v) is 3.92. The van der Waals surface area contributed by atoms with Gasteiger partial charge in [0.1, 0.15) is 5.75 Å². The van der Waals surface area contributed by atoms with Crippen molar-refractivity contribution >= 4 is 11.8 Å². The van der Waals surface area contributed by atoms with Gasteiger partial charge in [-0.3, -0.25) is 4.98 Å². The largest absolute Gasteiger partial charge is 0.489 e. The van der Waals surface area contributed by atoms with E-state index in [9.17, 15) is 0 Å². The van der Waals surface area contributed by atoms with Gasteiger partial charge in [-0.1, -0.05) is 12.1 Å². The van der Waals surface area contributed by atoms with E-state index in [0.717, 1.165) is 11.3 Å². The van der Waals surface area contributed by atoms with Crippen LogP contribution in [0.1, 0.15) is 31.0 Å². The van der Waals surface area contributed by atoms with Crippen LogP contribution in [0.3, 0.4) is 0 Å². The molecular formula is C17H22N2OS. The van der Waals surface area contributed by atoms with E-state index in [1.165, 1.54) is 10.5 Å². The van der Waals surface area contributed by atoms with Crippen LogP contribution in [0.2, 0.25) is 0 Å². The van der Waals surface area contributed by atoms with Crippen LogP contribution in [-0.4, -0.2) is 24.4 Å². The number of pyridine rings is 1. The van der Waals surface area contributed by atoms with Crippen LogP contribution < -0.4 is 10.1 Å². The summed E-state index contributed by atoms with van der Waals surface area (Å²) in [5.74, 6) is 0.809. The first-order valence-corrected chi connectivity index (χ1v) is 8.29. The van der Waals surface area contributed by atoms with Gasteiger partial charge in [0.05, 0.1) is 18.3 Å². The smallest absolute Gasteiger partial charge is 0.138 e. The highest BCUT2D eigenvalue weighted by Gasteiger charge is 2.13. The van der Waals surface area contributed by atoms with Crippen molar-refractivity contribution in [1.29, 1.82) is 0 Å². The van der Waals surface area contributed by atoms with E-state index in [0.29, 0.717) is 0 Å². The lowest BCUT2D eigenvalue weighted by molar-refractivity contribution is 0.241. The van der Waals surface area contributed by atoms with Gasteiger partial charge in [-0.15, -0.1) is 11.8 Å². The molecule has 0 bridgehead atoms. The SMILES string of the molecule is CNC(c1ccc(SC)cc1)c1cncc(OC(C)C)c1. The Labute approximate surface area is 131 Å². The zero-order chi connectivity index (χ0) is 15.2. The number of benzene rings is 1. The van der Waals surface area contributed by atoms with Gasteiger partial charge in [0, 0.05) is 11.1 Å². The number of rotatable bonds is 6. The lowest BCUT2D eigenvalue weighted by Gasteiger charge is -2.18. The van der Waals surface area contributed by atoms with Crippen LogP contribution in [0.4, 0.5) is 0 Å². The molecule has 0 fully saturated rings. The molecule has 4 heteroatoms. The summed E-state index contributed by atoms with van der Waals surface area (Å²) in [6.07, 6.45) is 5.88. The van der Waals surface area contributed by atoms with Crippen molar-refractivity contribution in [2.24, 2.45) is 0 Å². The quantitative estimate of drug-likeness (QED) is 0.821. The zero-order valence-corrected chi connectivity index (χ0v) is 13.8. The first kappa shape index (κ1) is 15.9. The Kier molecular flexibility index (Phi) is 5.65. The summed E-state index contributed by atoms with van der Waals surface area (Å²) in [6, 6.07) is 10.8. The van der Waals surface area contributed by atoms with E-state index in [1.54, 1.807) is 18.0 Å². The molecular weight excluding hydrogens is 280 g/mol. The summed E-state index contributed by atoms with van der Waals surface area (Å²) in [7, 11) is 1.96. The maximum Gasteiger partial charge on any atom is 0.138 e. The molecule has 0 radical (unpaired) electrons. The fourth-order valence-corrected chi connectivity index (χ4v) is 2.66. The number of hydrogen-bond acceptors (Lipinski definition) is 4. The summed E-state index contributed by atoms with van der Waals surface area (Å²) < 4.78 is 5.73. The molecule has 1 unspecified atom stereocenters. The molecule has 21 heavy (non-hydrogen) atoms. The fourth-order valence-electron chi connectivity index (χ4n) is 2.25. The molecule has 0 aliphatic carbocycles. The van der Waals surface area contributed by atoms with Crippen molar-refractivity contribution in [2.45, 2.75) is 30.9 Å². The molecule has 112 valence electrons. The van der Waals surface area contributed by atoms with Gasteiger partial charge in [-0.25, -0.2) is 0 Å². The molecule has 1 aromatic carbocycles. The highest BCUT2D eigenvalue weighted by molar-refractivity contribution is 7.98. The van der Waals surface area contributed by atoms with Gasteiger partial charge in [0.25, 0.3) is 0 Å². The first-order chi connectivity index (χ1) is 10.1. The predicted octanol–water partition coefficient (Wildman–Crippen LogP) is 3.90. The molecule has 2 aromatic rings. The van der Waals surface area contributed by atoms with Crippen LogP contribution >= 0.6 is 11.8 Å². The van der Waals surface area contributed by atoms with Crippen molar-refractivity contribution in [3.63, 3.8) is 0 Å². The molecule has 2 rings (SSSR count). The van der Waals surface area contributed by atoms with E-state index in [1.807, 2.05) is 27.1 Å². The lowest BCUT2D eigenvalue weighted by Crippen LogP contribution is -2.18. The molecule has 0 spiro atoms. The Morgan fingerprint density at radius 1 is 1.10 bits per heavy atom. The molecule has 1 heterocycles. The predicted molar refractivity (Wildman–Crippen MR) is 89.1 cm³/mol. The fraction of sp³-hybridized carbons (Fsp3) is 0.353. The molecule has 0 aliphatic heterocycles. The van der Waals surface area contributed by atoms with Gasteiger partial charge in [-0.05, 0) is 56.5 Å². The summed E-state index contributed by atoms with van der Waals surface area (Å²) in [4.78, 5) is 5.56. The second-order valence-electron chi connectivity index (χ2n) is 5.12. The lowest BCUT2D eigenvalue weighted by atomic mass is 10.0. The van der Waals surface area contributed by atoms with Gasteiger partial charge >= 0.3 is 0 Å². The Morgan fingerprint density at radius 2 is 1.81 bits per heavy atom. The van der Waals surface area contributed by atoms with Crippen LogP contribution in [0.15, 0.2) is 47.6 Å². The monoisotopic (exact) mass is 302 g/mol. The minimum absolute atomic E-state index is 0.115. The van der Waals surface area contributed by atoms with Crippen molar-refractivity contribution in [2.75, 3.05) is 13.3 Å². The minimum atomic E-state index is 0.115. The number of aromatic nitrogens is 1. The van der Waals surface area contributed by atoms with Gasteiger partial charge in [0.15, 0.2) is 0 Å². The Balaban J connectivity index is 2.27. The van der Waals surface area contributed by atoms with Crippen molar-refractivity contribution in [3.05, 3.63) is 53.9 Å². The summed E-state index contributed by atoms with van der Waals surface area (Å²) in [5.41, 5.74) is 2.33. The summed E-state index contributed by atoms with van der Waals surface area (Å²) in [5, 5.41) is 3.35. The standard InChI is InChI=1S/C17H22N2OS/c1-12(2)20-15-9-14(10-19-11-15)17(18-3)13-5-7-16(21-4)8-6-13/h5-12,17-18H,1-4H3. The average molecular weight is 302 g/mol. The molecule has 1 aromatic heterocycles. The normalized spacial score (nSPS) is 12.4. The van der Waals surface area contributed by atoms with E-state index in [-0.39, 0.29) is 12.1 Å². The number of thioether (sulfide) groups is 1. The Hall–Kier alpha value is -1.52. The van der Waals surface area contributed by atoms with E-state index in [2.05, 4.69) is 46.9 Å². The van der Waals surface area contributed by atoms with Crippen LogP contribution in [0.25, 0.3) is 0 Å². The number of ether oxygens (including phenoxy) is 1. The number of hydrogen-bond donors (Lipinski definition) is 1. The van der Waals surface area contributed by atoms with Crippen molar-refractivity contribution < 1.29 is 4.74 Å². The van der Waals surface area contributed by atoms with E-state index >= 15 is 0 Å². The number of nitrogens with zero attached hydrogens (tertiary/aromatic N) is 1. The van der Waals surface area contributed by atoms with Crippen LogP contribution in [0.5, 0.6) is 5.75 Å². The topological polar surface area (TPSA) is 34.2 Å². The zero-order valence-electron chi connectivity index (χ0n) is 13.0. The molecule has 0 amide bonds.